The number of aromatic nitrogens is 1. The maximum atomic E-state index is 11.3. The van der Waals surface area contributed by atoms with Gasteiger partial charge in [-0.2, -0.15) is 0 Å². The zero-order valence-electron chi connectivity index (χ0n) is 10.0. The van der Waals surface area contributed by atoms with E-state index in [2.05, 4.69) is 4.98 Å². The highest BCUT2D eigenvalue weighted by Gasteiger charge is 2.42. The number of hydrogen-bond acceptors (Lipinski definition) is 3. The third-order valence-electron chi connectivity index (χ3n) is 3.31. The Labute approximate surface area is 96.0 Å². The Hall–Kier alpha value is -1.42. The average molecular weight is 221 g/mol. The second-order valence-electron chi connectivity index (χ2n) is 4.98. The van der Waals surface area contributed by atoms with Gasteiger partial charge in [-0.25, -0.2) is 0 Å². The summed E-state index contributed by atoms with van der Waals surface area (Å²) in [6, 6.07) is 3.83. The summed E-state index contributed by atoms with van der Waals surface area (Å²) in [4.78, 5) is 15.3. The van der Waals surface area contributed by atoms with E-state index < -0.39 is 16.9 Å². The monoisotopic (exact) mass is 221 g/mol. The van der Waals surface area contributed by atoms with Crippen LogP contribution in [0.2, 0.25) is 0 Å². The number of rotatable bonds is 4. The topological polar surface area (TPSA) is 82.0 Å². The molecule has 0 aliphatic carbocycles. The third kappa shape index (κ3) is 2.39. The van der Waals surface area contributed by atoms with E-state index in [1.807, 2.05) is 26.0 Å². The van der Waals surface area contributed by atoms with Crippen molar-refractivity contribution in [1.82, 2.24) is 4.98 Å². The summed E-state index contributed by atoms with van der Waals surface area (Å²) < 4.78 is 0. The molecular weight excluding hydrogens is 202 g/mol. The van der Waals surface area contributed by atoms with E-state index in [1.54, 1.807) is 19.3 Å². The lowest BCUT2D eigenvalue weighted by molar-refractivity contribution is -0.126. The van der Waals surface area contributed by atoms with Gasteiger partial charge in [-0.3, -0.25) is 9.78 Å². The standard InChI is InChI=1S/C12H19N3O/c1-11(2,12(3,14)10(13)16)8-9-4-6-15-7-5-9/h4-7H,8,14H2,1-3H3,(H2,13,16)/t12-/m1/s1. The number of hydrogen-bond donors (Lipinski definition) is 2. The van der Waals surface area contributed by atoms with Gasteiger partial charge < -0.3 is 11.5 Å². The molecule has 1 atom stereocenters. The molecule has 0 saturated heterocycles. The molecule has 0 fully saturated rings. The molecule has 0 spiro atoms. The van der Waals surface area contributed by atoms with Crippen molar-refractivity contribution in [3.8, 4) is 0 Å². The van der Waals surface area contributed by atoms with Crippen LogP contribution in [0.25, 0.3) is 0 Å². The summed E-state index contributed by atoms with van der Waals surface area (Å²) in [5.74, 6) is -0.480. The minimum atomic E-state index is -1.03. The van der Waals surface area contributed by atoms with E-state index in [4.69, 9.17) is 11.5 Å². The maximum absolute atomic E-state index is 11.3. The molecule has 0 unspecified atom stereocenters. The number of nitrogens with zero attached hydrogens (tertiary/aromatic N) is 1. The first-order valence-electron chi connectivity index (χ1n) is 5.25. The summed E-state index contributed by atoms with van der Waals surface area (Å²) in [6.45, 7) is 5.56. The highest BCUT2D eigenvalue weighted by Crippen LogP contribution is 2.32. The molecule has 0 aliphatic rings. The normalized spacial score (nSPS) is 15.5. The van der Waals surface area contributed by atoms with E-state index in [-0.39, 0.29) is 0 Å². The quantitative estimate of drug-likeness (QED) is 0.790. The van der Waals surface area contributed by atoms with E-state index in [1.165, 1.54) is 0 Å². The van der Waals surface area contributed by atoms with Gasteiger partial charge in [-0.05, 0) is 36.5 Å². The highest BCUT2D eigenvalue weighted by atomic mass is 16.1. The number of nitrogens with two attached hydrogens (primary N) is 2. The summed E-state index contributed by atoms with van der Waals surface area (Å²) >= 11 is 0. The average Bonchev–Trinajstić information content (AvgIpc) is 2.18. The van der Waals surface area contributed by atoms with Crippen LogP contribution in [0.3, 0.4) is 0 Å². The maximum Gasteiger partial charge on any atom is 0.237 e. The van der Waals surface area contributed by atoms with Crippen LogP contribution in [0, 0.1) is 5.41 Å². The molecule has 0 radical (unpaired) electrons. The van der Waals surface area contributed by atoms with Gasteiger partial charge >= 0.3 is 0 Å². The van der Waals surface area contributed by atoms with Crippen molar-refractivity contribution < 1.29 is 4.79 Å². The summed E-state index contributed by atoms with van der Waals surface area (Å²) in [7, 11) is 0. The largest absolute Gasteiger partial charge is 0.368 e. The Balaban J connectivity index is 2.92. The van der Waals surface area contributed by atoms with Crippen LogP contribution in [0.15, 0.2) is 24.5 Å². The van der Waals surface area contributed by atoms with Gasteiger partial charge in [-0.15, -0.1) is 0 Å². The van der Waals surface area contributed by atoms with Crippen molar-refractivity contribution in [3.05, 3.63) is 30.1 Å². The molecule has 0 saturated carbocycles. The minimum Gasteiger partial charge on any atom is -0.368 e. The zero-order chi connectivity index (χ0) is 12.4. The summed E-state index contributed by atoms with van der Waals surface area (Å²) in [6.07, 6.45) is 4.14. The zero-order valence-corrected chi connectivity index (χ0v) is 10.0. The van der Waals surface area contributed by atoms with Crippen LogP contribution < -0.4 is 11.5 Å². The van der Waals surface area contributed by atoms with Gasteiger partial charge in [-0.1, -0.05) is 13.8 Å². The Morgan fingerprint density at radius 1 is 1.31 bits per heavy atom. The molecule has 4 N–H and O–H groups in total. The van der Waals surface area contributed by atoms with Crippen LogP contribution >= 0.6 is 0 Å². The van der Waals surface area contributed by atoms with E-state index in [0.717, 1.165) is 5.56 Å². The van der Waals surface area contributed by atoms with Crippen molar-refractivity contribution in [3.63, 3.8) is 0 Å². The molecule has 1 amide bonds. The van der Waals surface area contributed by atoms with Gasteiger partial charge in [0.15, 0.2) is 0 Å². The lowest BCUT2D eigenvalue weighted by Crippen LogP contribution is -2.60. The molecule has 4 nitrogen and oxygen atoms in total. The SMILES string of the molecule is CC(C)(Cc1ccncc1)[C@](C)(N)C(N)=O. The molecule has 1 aromatic rings. The molecule has 1 aromatic heterocycles. The van der Waals surface area contributed by atoms with Crippen LogP contribution in [0.4, 0.5) is 0 Å². The Morgan fingerprint density at radius 3 is 2.25 bits per heavy atom. The molecule has 16 heavy (non-hydrogen) atoms. The van der Waals surface area contributed by atoms with Crippen molar-refractivity contribution in [1.29, 1.82) is 0 Å². The van der Waals surface area contributed by atoms with Crippen molar-refractivity contribution in [2.45, 2.75) is 32.7 Å². The van der Waals surface area contributed by atoms with Crippen LogP contribution in [0.1, 0.15) is 26.3 Å². The second kappa shape index (κ2) is 4.22. The smallest absolute Gasteiger partial charge is 0.237 e. The fourth-order valence-electron chi connectivity index (χ4n) is 1.53. The van der Waals surface area contributed by atoms with Crippen LogP contribution in [-0.4, -0.2) is 16.4 Å². The number of pyridine rings is 1. The Bertz CT molecular complexity index is 371. The Morgan fingerprint density at radius 2 is 1.81 bits per heavy atom. The van der Waals surface area contributed by atoms with Crippen molar-refractivity contribution >= 4 is 5.91 Å². The van der Waals surface area contributed by atoms with Gasteiger partial charge in [0.1, 0.15) is 0 Å². The lowest BCUT2D eigenvalue weighted by Gasteiger charge is -2.38. The van der Waals surface area contributed by atoms with Gasteiger partial charge in [0.25, 0.3) is 0 Å². The molecule has 0 aliphatic heterocycles. The van der Waals surface area contributed by atoms with Crippen molar-refractivity contribution in [2.75, 3.05) is 0 Å². The molecule has 0 bridgehead atoms. The van der Waals surface area contributed by atoms with E-state index in [0.29, 0.717) is 6.42 Å². The molecule has 1 heterocycles. The van der Waals surface area contributed by atoms with Gasteiger partial charge in [0.2, 0.25) is 5.91 Å². The summed E-state index contributed by atoms with van der Waals surface area (Å²) in [5.41, 5.74) is 11.0. The molecular formula is C12H19N3O. The number of primary amides is 1. The highest BCUT2D eigenvalue weighted by molar-refractivity contribution is 5.84. The first-order chi connectivity index (χ1) is 7.27. The first-order valence-corrected chi connectivity index (χ1v) is 5.25. The predicted octanol–water partition coefficient (Wildman–Crippen LogP) is 0.853. The number of carbonyl (C=O) groups excluding carboxylic acids is 1. The molecule has 4 heteroatoms. The fourth-order valence-corrected chi connectivity index (χ4v) is 1.53. The summed E-state index contributed by atoms with van der Waals surface area (Å²) in [5, 5.41) is 0. The third-order valence-corrected chi connectivity index (χ3v) is 3.31. The Kier molecular flexibility index (Phi) is 3.33. The van der Waals surface area contributed by atoms with Gasteiger partial charge in [0.05, 0.1) is 5.54 Å². The molecule has 1 rings (SSSR count). The van der Waals surface area contributed by atoms with E-state index in [9.17, 15) is 4.79 Å². The van der Waals surface area contributed by atoms with Crippen LogP contribution in [-0.2, 0) is 11.2 Å². The van der Waals surface area contributed by atoms with Crippen molar-refractivity contribution in [2.24, 2.45) is 16.9 Å². The number of amides is 1. The fraction of sp³-hybridized carbons (Fsp3) is 0.500. The molecule has 88 valence electrons. The van der Waals surface area contributed by atoms with Crippen LogP contribution in [0.5, 0.6) is 0 Å². The first kappa shape index (κ1) is 12.6. The van der Waals surface area contributed by atoms with Gasteiger partial charge in [0, 0.05) is 12.4 Å². The molecule has 0 aromatic carbocycles. The predicted molar refractivity (Wildman–Crippen MR) is 63.5 cm³/mol. The minimum absolute atomic E-state index is 0.403. The number of carbonyl (C=O) groups is 1. The van der Waals surface area contributed by atoms with E-state index >= 15 is 0 Å². The lowest BCUT2D eigenvalue weighted by atomic mass is 9.70. The second-order valence-corrected chi connectivity index (χ2v) is 4.98.